The second kappa shape index (κ2) is 7.89. The monoisotopic (exact) mass is 437 g/mol. The molecule has 0 radical (unpaired) electrons. The highest BCUT2D eigenvalue weighted by Gasteiger charge is 2.21. The lowest BCUT2D eigenvalue weighted by Crippen LogP contribution is -2.26. The number of hydrogen-bond acceptors (Lipinski definition) is 5. The molecule has 0 aliphatic carbocycles. The van der Waals surface area contributed by atoms with Crippen LogP contribution in [0.2, 0.25) is 0 Å². The summed E-state index contributed by atoms with van der Waals surface area (Å²) in [5, 5.41) is 3.28. The minimum atomic E-state index is -3.72. The van der Waals surface area contributed by atoms with E-state index in [0.29, 0.717) is 16.4 Å². The Kier molecular flexibility index (Phi) is 5.27. The average molecular weight is 438 g/mol. The molecule has 30 heavy (non-hydrogen) atoms. The van der Waals surface area contributed by atoms with Gasteiger partial charge in [-0.15, -0.1) is 0 Å². The largest absolute Gasteiger partial charge is 0.298 e. The van der Waals surface area contributed by atoms with Crippen LogP contribution in [-0.4, -0.2) is 26.4 Å². The third-order valence-corrected chi connectivity index (χ3v) is 7.39. The molecule has 0 aliphatic rings. The molecule has 3 aromatic carbocycles. The predicted octanol–water partition coefficient (Wildman–Crippen LogP) is 4.68. The van der Waals surface area contributed by atoms with Crippen LogP contribution in [0.4, 0.5) is 10.8 Å². The second-order valence-corrected chi connectivity index (χ2v) is 9.78. The van der Waals surface area contributed by atoms with Crippen LogP contribution in [0, 0.1) is 6.92 Å². The molecule has 0 aliphatic heterocycles. The highest BCUT2D eigenvalue weighted by molar-refractivity contribution is 7.92. The molecule has 8 heteroatoms. The highest BCUT2D eigenvalue weighted by Crippen LogP contribution is 2.27. The van der Waals surface area contributed by atoms with Gasteiger partial charge in [0.15, 0.2) is 5.13 Å². The SMILES string of the molecule is Cc1ccc2nc(NC(=O)c3ccc(S(=O)(=O)N(C)c4ccccc4)cc3)sc2c1. The zero-order valence-corrected chi connectivity index (χ0v) is 18.0. The summed E-state index contributed by atoms with van der Waals surface area (Å²) in [5.74, 6) is -0.342. The van der Waals surface area contributed by atoms with Crippen molar-refractivity contribution in [1.29, 1.82) is 0 Å². The van der Waals surface area contributed by atoms with Gasteiger partial charge in [0.1, 0.15) is 0 Å². The van der Waals surface area contributed by atoms with Crippen molar-refractivity contribution in [1.82, 2.24) is 4.98 Å². The molecule has 0 fully saturated rings. The summed E-state index contributed by atoms with van der Waals surface area (Å²) in [4.78, 5) is 17.1. The number of rotatable bonds is 5. The average Bonchev–Trinajstić information content (AvgIpc) is 3.15. The van der Waals surface area contributed by atoms with Crippen LogP contribution < -0.4 is 9.62 Å². The Morgan fingerprint density at radius 1 is 1.00 bits per heavy atom. The Labute approximate surface area is 178 Å². The number of amides is 1. The number of aryl methyl sites for hydroxylation is 1. The van der Waals surface area contributed by atoms with Gasteiger partial charge >= 0.3 is 0 Å². The van der Waals surface area contributed by atoms with E-state index in [0.717, 1.165) is 15.8 Å². The molecular formula is C22H19N3O3S2. The van der Waals surface area contributed by atoms with Crippen LogP contribution in [0.15, 0.2) is 77.7 Å². The van der Waals surface area contributed by atoms with Crippen LogP contribution in [0.3, 0.4) is 0 Å². The molecular weight excluding hydrogens is 418 g/mol. The third kappa shape index (κ3) is 3.92. The van der Waals surface area contributed by atoms with Crippen molar-refractivity contribution < 1.29 is 13.2 Å². The maximum Gasteiger partial charge on any atom is 0.264 e. The zero-order chi connectivity index (χ0) is 21.3. The summed E-state index contributed by atoms with van der Waals surface area (Å²) in [6.07, 6.45) is 0. The topological polar surface area (TPSA) is 79.4 Å². The van der Waals surface area contributed by atoms with Crippen LogP contribution >= 0.6 is 11.3 Å². The zero-order valence-electron chi connectivity index (χ0n) is 16.4. The molecule has 6 nitrogen and oxygen atoms in total. The van der Waals surface area contributed by atoms with Crippen LogP contribution in [0.5, 0.6) is 0 Å². The minimum Gasteiger partial charge on any atom is -0.298 e. The number of hydrogen-bond donors (Lipinski definition) is 1. The van der Waals surface area contributed by atoms with Crippen molar-refractivity contribution in [2.24, 2.45) is 0 Å². The molecule has 1 aromatic heterocycles. The first-order valence-corrected chi connectivity index (χ1v) is 11.4. The lowest BCUT2D eigenvalue weighted by molar-refractivity contribution is 0.102. The van der Waals surface area contributed by atoms with Gasteiger partial charge in [0.2, 0.25) is 0 Å². The van der Waals surface area contributed by atoms with E-state index < -0.39 is 10.0 Å². The van der Waals surface area contributed by atoms with Gasteiger partial charge in [-0.05, 0) is 61.0 Å². The Balaban J connectivity index is 1.53. The maximum absolute atomic E-state index is 12.8. The normalized spacial score (nSPS) is 11.4. The molecule has 0 saturated heterocycles. The number of thiazole rings is 1. The molecule has 152 valence electrons. The van der Waals surface area contributed by atoms with Gasteiger partial charge < -0.3 is 0 Å². The number of fused-ring (bicyclic) bond motifs is 1. The molecule has 0 spiro atoms. The van der Waals surface area contributed by atoms with Crippen LogP contribution in [0.1, 0.15) is 15.9 Å². The predicted molar refractivity (Wildman–Crippen MR) is 121 cm³/mol. The Morgan fingerprint density at radius 3 is 2.40 bits per heavy atom. The van der Waals surface area contributed by atoms with Gasteiger partial charge in [0, 0.05) is 12.6 Å². The number of sulfonamides is 1. The lowest BCUT2D eigenvalue weighted by Gasteiger charge is -2.19. The number of carbonyl (C=O) groups is 1. The number of nitrogens with zero attached hydrogens (tertiary/aromatic N) is 2. The summed E-state index contributed by atoms with van der Waals surface area (Å²) in [5.41, 5.74) is 2.87. The van der Waals surface area contributed by atoms with Crippen molar-refractivity contribution in [2.45, 2.75) is 11.8 Å². The standard InChI is InChI=1S/C22H19N3O3S2/c1-15-8-13-19-20(14-15)29-22(23-19)24-21(26)16-9-11-18(12-10-16)30(27,28)25(2)17-6-4-3-5-7-17/h3-14H,1-2H3,(H,23,24,26). The number of para-hydroxylation sites is 1. The van der Waals surface area contributed by atoms with Gasteiger partial charge in [-0.3, -0.25) is 14.4 Å². The summed E-state index contributed by atoms with van der Waals surface area (Å²) < 4.78 is 27.9. The Hall–Kier alpha value is -3.23. The summed E-state index contributed by atoms with van der Waals surface area (Å²) in [6.45, 7) is 2.00. The van der Waals surface area contributed by atoms with Crippen molar-refractivity contribution in [2.75, 3.05) is 16.7 Å². The quantitative estimate of drug-likeness (QED) is 0.492. The molecule has 0 bridgehead atoms. The molecule has 0 atom stereocenters. The van der Waals surface area contributed by atoms with Crippen molar-refractivity contribution >= 4 is 48.3 Å². The number of benzene rings is 3. The summed E-state index contributed by atoms with van der Waals surface area (Å²) >= 11 is 1.40. The number of anilines is 2. The van der Waals surface area contributed by atoms with Gasteiger partial charge in [0.25, 0.3) is 15.9 Å². The summed E-state index contributed by atoms with van der Waals surface area (Å²) in [6, 6.07) is 20.6. The van der Waals surface area contributed by atoms with E-state index >= 15 is 0 Å². The van der Waals surface area contributed by atoms with Crippen molar-refractivity contribution in [3.05, 3.63) is 83.9 Å². The molecule has 0 unspecified atom stereocenters. The fourth-order valence-corrected chi connectivity index (χ4v) is 5.12. The van der Waals surface area contributed by atoms with Crippen LogP contribution in [-0.2, 0) is 10.0 Å². The van der Waals surface area contributed by atoms with E-state index in [2.05, 4.69) is 10.3 Å². The second-order valence-electron chi connectivity index (χ2n) is 6.78. The van der Waals surface area contributed by atoms with Crippen molar-refractivity contribution in [3.8, 4) is 0 Å². The van der Waals surface area contributed by atoms with Gasteiger partial charge in [-0.1, -0.05) is 35.6 Å². The smallest absolute Gasteiger partial charge is 0.264 e. The van der Waals surface area contributed by atoms with E-state index in [1.165, 1.54) is 47.0 Å². The van der Waals surface area contributed by atoms with E-state index in [9.17, 15) is 13.2 Å². The number of nitrogens with one attached hydrogen (secondary N) is 1. The fourth-order valence-electron chi connectivity index (χ4n) is 2.97. The first kappa shape index (κ1) is 20.1. The third-order valence-electron chi connectivity index (χ3n) is 4.66. The number of aromatic nitrogens is 1. The lowest BCUT2D eigenvalue weighted by atomic mass is 10.2. The molecule has 4 aromatic rings. The Bertz CT molecular complexity index is 1320. The minimum absolute atomic E-state index is 0.112. The number of carbonyl (C=O) groups excluding carboxylic acids is 1. The molecule has 1 heterocycles. The maximum atomic E-state index is 12.8. The molecule has 4 rings (SSSR count). The van der Waals surface area contributed by atoms with Gasteiger partial charge in [0.05, 0.1) is 20.8 Å². The van der Waals surface area contributed by atoms with Crippen molar-refractivity contribution in [3.63, 3.8) is 0 Å². The molecule has 1 amide bonds. The highest BCUT2D eigenvalue weighted by atomic mass is 32.2. The van der Waals surface area contributed by atoms with Crippen LogP contribution in [0.25, 0.3) is 10.2 Å². The van der Waals surface area contributed by atoms with Gasteiger partial charge in [-0.2, -0.15) is 0 Å². The van der Waals surface area contributed by atoms with E-state index in [1.807, 2.05) is 31.2 Å². The van der Waals surface area contributed by atoms with Gasteiger partial charge in [-0.25, -0.2) is 13.4 Å². The first-order valence-electron chi connectivity index (χ1n) is 9.17. The summed E-state index contributed by atoms with van der Waals surface area (Å²) in [7, 11) is -2.22. The van der Waals surface area contributed by atoms with E-state index in [4.69, 9.17) is 0 Å². The van der Waals surface area contributed by atoms with E-state index in [-0.39, 0.29) is 10.8 Å². The molecule has 0 saturated carbocycles. The molecule has 1 N–H and O–H groups in total. The Morgan fingerprint density at radius 2 is 1.70 bits per heavy atom. The van der Waals surface area contributed by atoms with E-state index in [1.54, 1.807) is 24.3 Å². The fraction of sp³-hybridized carbons (Fsp3) is 0.0909. The first-order chi connectivity index (χ1) is 14.3.